The number of alkyl halides is 1. The van der Waals surface area contributed by atoms with Crippen molar-refractivity contribution in [1.29, 1.82) is 0 Å². The maximum absolute atomic E-state index is 14.6. The van der Waals surface area contributed by atoms with Crippen molar-refractivity contribution in [3.8, 4) is 0 Å². The summed E-state index contributed by atoms with van der Waals surface area (Å²) >= 11 is 2.27. The van der Waals surface area contributed by atoms with Crippen LogP contribution in [0, 0.1) is 3.57 Å². The van der Waals surface area contributed by atoms with Gasteiger partial charge in [0.1, 0.15) is 5.67 Å². The van der Waals surface area contributed by atoms with E-state index in [0.29, 0.717) is 18.9 Å². The van der Waals surface area contributed by atoms with E-state index in [1.165, 1.54) is 16.4 Å². The topological polar surface area (TPSA) is 12.0 Å². The molecule has 1 saturated heterocycles. The largest absolute Gasteiger partial charge is 0.314 e. The third-order valence-corrected chi connectivity index (χ3v) is 4.29. The SMILES string of the molecule is CC(F)(Cc1ccc(I)cc1)CC1CCCCN1. The lowest BCUT2D eigenvalue weighted by atomic mass is 9.88. The van der Waals surface area contributed by atoms with Gasteiger partial charge in [-0.2, -0.15) is 0 Å². The maximum Gasteiger partial charge on any atom is 0.113 e. The molecule has 2 rings (SSSR count). The standard InChI is InChI=1S/C15H21FIN/c1-15(16,11-14-4-2-3-9-18-14)10-12-5-7-13(17)8-6-12/h5-8,14,18H,2-4,9-11H2,1H3. The van der Waals surface area contributed by atoms with Gasteiger partial charge < -0.3 is 5.32 Å². The molecule has 1 fully saturated rings. The smallest absolute Gasteiger partial charge is 0.113 e. The molecule has 0 radical (unpaired) electrons. The Kier molecular flexibility index (Phi) is 5.01. The van der Waals surface area contributed by atoms with E-state index >= 15 is 0 Å². The van der Waals surface area contributed by atoms with E-state index in [1.54, 1.807) is 6.92 Å². The number of nitrogens with one attached hydrogen (secondary N) is 1. The molecule has 1 heterocycles. The number of piperidine rings is 1. The van der Waals surface area contributed by atoms with Gasteiger partial charge in [0.05, 0.1) is 0 Å². The number of hydrogen-bond donors (Lipinski definition) is 1. The number of hydrogen-bond acceptors (Lipinski definition) is 1. The highest BCUT2D eigenvalue weighted by molar-refractivity contribution is 14.1. The summed E-state index contributed by atoms with van der Waals surface area (Å²) in [6.07, 6.45) is 4.72. The monoisotopic (exact) mass is 361 g/mol. The zero-order valence-corrected chi connectivity index (χ0v) is 13.0. The molecule has 1 aromatic rings. The van der Waals surface area contributed by atoms with E-state index < -0.39 is 5.67 Å². The van der Waals surface area contributed by atoms with Crippen LogP contribution in [-0.4, -0.2) is 18.3 Å². The van der Waals surface area contributed by atoms with Gasteiger partial charge in [-0.3, -0.25) is 0 Å². The maximum atomic E-state index is 14.6. The third kappa shape index (κ3) is 4.50. The molecule has 0 aliphatic carbocycles. The van der Waals surface area contributed by atoms with Gasteiger partial charge in [0.25, 0.3) is 0 Å². The van der Waals surface area contributed by atoms with Crippen molar-refractivity contribution in [2.45, 2.75) is 50.7 Å². The molecule has 1 nitrogen and oxygen atoms in total. The van der Waals surface area contributed by atoms with Crippen LogP contribution >= 0.6 is 22.6 Å². The highest BCUT2D eigenvalue weighted by Gasteiger charge is 2.28. The molecular formula is C15H21FIN. The molecule has 1 aliphatic heterocycles. The first kappa shape index (κ1) is 14.3. The van der Waals surface area contributed by atoms with Crippen molar-refractivity contribution in [1.82, 2.24) is 5.32 Å². The molecule has 18 heavy (non-hydrogen) atoms. The second-order valence-corrected chi connectivity index (χ2v) is 6.81. The van der Waals surface area contributed by atoms with Crippen LogP contribution in [0.1, 0.15) is 38.2 Å². The average molecular weight is 361 g/mol. The van der Waals surface area contributed by atoms with Crippen LogP contribution in [-0.2, 0) is 6.42 Å². The summed E-state index contributed by atoms with van der Waals surface area (Å²) < 4.78 is 15.8. The van der Waals surface area contributed by atoms with E-state index in [-0.39, 0.29) is 0 Å². The zero-order chi connectivity index (χ0) is 13.0. The molecule has 0 aromatic heterocycles. The summed E-state index contributed by atoms with van der Waals surface area (Å²) in [4.78, 5) is 0. The Labute approximate surface area is 123 Å². The van der Waals surface area contributed by atoms with E-state index in [0.717, 1.165) is 18.5 Å². The van der Waals surface area contributed by atoms with Gasteiger partial charge in [-0.1, -0.05) is 18.6 Å². The minimum atomic E-state index is -1.11. The van der Waals surface area contributed by atoms with Gasteiger partial charge in [-0.05, 0) is 73.0 Å². The number of rotatable bonds is 4. The lowest BCUT2D eigenvalue weighted by molar-refractivity contribution is 0.146. The van der Waals surface area contributed by atoms with Gasteiger partial charge in [-0.15, -0.1) is 0 Å². The Balaban J connectivity index is 1.91. The summed E-state index contributed by atoms with van der Waals surface area (Å²) in [5, 5.41) is 3.43. The van der Waals surface area contributed by atoms with Crippen LogP contribution in [0.3, 0.4) is 0 Å². The summed E-state index contributed by atoms with van der Waals surface area (Å²) in [7, 11) is 0. The van der Waals surface area contributed by atoms with Crippen LogP contribution in [0.4, 0.5) is 4.39 Å². The fraction of sp³-hybridized carbons (Fsp3) is 0.600. The molecule has 1 aromatic carbocycles. The molecule has 0 saturated carbocycles. The van der Waals surface area contributed by atoms with Crippen LogP contribution in [0.15, 0.2) is 24.3 Å². The lowest BCUT2D eigenvalue weighted by Crippen LogP contribution is -2.40. The summed E-state index contributed by atoms with van der Waals surface area (Å²) in [5.41, 5.74) is -0.0156. The predicted molar refractivity (Wildman–Crippen MR) is 82.6 cm³/mol. The Morgan fingerprint density at radius 3 is 2.67 bits per heavy atom. The van der Waals surface area contributed by atoms with E-state index in [2.05, 4.69) is 27.9 Å². The van der Waals surface area contributed by atoms with Gasteiger partial charge in [-0.25, -0.2) is 4.39 Å². The van der Waals surface area contributed by atoms with Crippen LogP contribution in [0.5, 0.6) is 0 Å². The van der Waals surface area contributed by atoms with Gasteiger partial charge >= 0.3 is 0 Å². The van der Waals surface area contributed by atoms with E-state index in [4.69, 9.17) is 0 Å². The highest BCUT2D eigenvalue weighted by Crippen LogP contribution is 2.26. The fourth-order valence-electron chi connectivity index (χ4n) is 2.71. The summed E-state index contributed by atoms with van der Waals surface area (Å²) in [6, 6.07) is 8.52. The van der Waals surface area contributed by atoms with Crippen molar-refractivity contribution in [3.05, 3.63) is 33.4 Å². The third-order valence-electron chi connectivity index (χ3n) is 3.57. The molecule has 0 amide bonds. The Hall–Kier alpha value is -0.160. The van der Waals surface area contributed by atoms with Gasteiger partial charge in [0, 0.05) is 16.0 Å². The van der Waals surface area contributed by atoms with Crippen LogP contribution < -0.4 is 5.32 Å². The van der Waals surface area contributed by atoms with Gasteiger partial charge in [0.15, 0.2) is 0 Å². The van der Waals surface area contributed by atoms with Crippen molar-refractivity contribution < 1.29 is 4.39 Å². The highest BCUT2D eigenvalue weighted by atomic mass is 127. The summed E-state index contributed by atoms with van der Waals surface area (Å²) in [6.45, 7) is 2.78. The Bertz CT molecular complexity index is 369. The number of benzene rings is 1. The molecule has 3 heteroatoms. The second-order valence-electron chi connectivity index (χ2n) is 5.57. The molecule has 0 spiro atoms. The Morgan fingerprint density at radius 2 is 2.06 bits per heavy atom. The quantitative estimate of drug-likeness (QED) is 0.797. The fourth-order valence-corrected chi connectivity index (χ4v) is 3.07. The summed E-state index contributed by atoms with van der Waals surface area (Å²) in [5.74, 6) is 0. The second kappa shape index (κ2) is 6.33. The van der Waals surface area contributed by atoms with Crippen molar-refractivity contribution in [3.63, 3.8) is 0 Å². The minimum Gasteiger partial charge on any atom is -0.314 e. The first-order chi connectivity index (χ1) is 8.55. The van der Waals surface area contributed by atoms with Crippen molar-refractivity contribution in [2.75, 3.05) is 6.54 Å². The molecule has 0 bridgehead atoms. The first-order valence-corrected chi connectivity index (χ1v) is 7.80. The normalized spacial score (nSPS) is 23.6. The number of halogens is 2. The lowest BCUT2D eigenvalue weighted by Gasteiger charge is -2.30. The molecule has 2 unspecified atom stereocenters. The van der Waals surface area contributed by atoms with Crippen LogP contribution in [0.25, 0.3) is 0 Å². The molecule has 100 valence electrons. The molecule has 1 aliphatic rings. The zero-order valence-electron chi connectivity index (χ0n) is 10.9. The minimum absolute atomic E-state index is 0.359. The molecule has 2 atom stereocenters. The first-order valence-electron chi connectivity index (χ1n) is 6.72. The van der Waals surface area contributed by atoms with Crippen LogP contribution in [0.2, 0.25) is 0 Å². The predicted octanol–water partition coefficient (Wildman–Crippen LogP) is 4.09. The molecule has 1 N–H and O–H groups in total. The average Bonchev–Trinajstić information content (AvgIpc) is 2.32. The van der Waals surface area contributed by atoms with Crippen molar-refractivity contribution in [2.24, 2.45) is 0 Å². The van der Waals surface area contributed by atoms with Gasteiger partial charge in [0.2, 0.25) is 0 Å². The van der Waals surface area contributed by atoms with E-state index in [9.17, 15) is 4.39 Å². The Morgan fingerprint density at radius 1 is 1.33 bits per heavy atom. The van der Waals surface area contributed by atoms with Crippen molar-refractivity contribution >= 4 is 22.6 Å². The molecular weight excluding hydrogens is 340 g/mol. The van der Waals surface area contributed by atoms with E-state index in [1.807, 2.05) is 24.3 Å².